The summed E-state index contributed by atoms with van der Waals surface area (Å²) in [7, 11) is 1.52. The van der Waals surface area contributed by atoms with Gasteiger partial charge in [0.15, 0.2) is 0 Å². The molecule has 4 N–H and O–H groups in total. The summed E-state index contributed by atoms with van der Waals surface area (Å²) in [5.74, 6) is 0.471. The van der Waals surface area contributed by atoms with Gasteiger partial charge in [-0.05, 0) is 43.0 Å². The standard InChI is InChI=1S/C15H24N4O2/c1-5-10-8-12(21-7-3)9-11(6-2)13(10)19(14(16)17)15(20)18-4/h8-9H,5-7H2,1-4H3,(H3,16,17)(H,18,20). The van der Waals surface area contributed by atoms with Crippen molar-refractivity contribution in [2.75, 3.05) is 18.6 Å². The van der Waals surface area contributed by atoms with E-state index in [2.05, 4.69) is 5.32 Å². The van der Waals surface area contributed by atoms with Crippen LogP contribution < -0.4 is 20.7 Å². The lowest BCUT2D eigenvalue weighted by Gasteiger charge is -2.26. The Kier molecular flexibility index (Phi) is 6.02. The van der Waals surface area contributed by atoms with E-state index >= 15 is 0 Å². The first kappa shape index (κ1) is 16.8. The molecule has 6 nitrogen and oxygen atoms in total. The van der Waals surface area contributed by atoms with Crippen LogP contribution in [0.5, 0.6) is 5.75 Å². The quantitative estimate of drug-likeness (QED) is 0.574. The van der Waals surface area contributed by atoms with Gasteiger partial charge in [-0.3, -0.25) is 5.41 Å². The minimum Gasteiger partial charge on any atom is -0.494 e. The summed E-state index contributed by atoms with van der Waals surface area (Å²) in [5.41, 5.74) is 8.14. The summed E-state index contributed by atoms with van der Waals surface area (Å²) in [6.07, 6.45) is 1.42. The van der Waals surface area contributed by atoms with Crippen molar-refractivity contribution in [1.82, 2.24) is 5.32 Å². The minimum atomic E-state index is -0.420. The van der Waals surface area contributed by atoms with Crippen LogP contribution in [0.4, 0.5) is 10.5 Å². The highest BCUT2D eigenvalue weighted by atomic mass is 16.5. The Morgan fingerprint density at radius 1 is 1.29 bits per heavy atom. The van der Waals surface area contributed by atoms with E-state index in [4.69, 9.17) is 15.9 Å². The molecule has 0 bridgehead atoms. The molecule has 21 heavy (non-hydrogen) atoms. The molecule has 0 saturated carbocycles. The molecule has 0 aliphatic heterocycles. The second kappa shape index (κ2) is 7.52. The molecule has 1 rings (SSSR count). The first-order chi connectivity index (χ1) is 9.99. The molecule has 0 spiro atoms. The van der Waals surface area contributed by atoms with Gasteiger partial charge < -0.3 is 15.8 Å². The Hall–Kier alpha value is -2.24. The van der Waals surface area contributed by atoms with Gasteiger partial charge in [-0.1, -0.05) is 13.8 Å². The minimum absolute atomic E-state index is 0.303. The maximum atomic E-state index is 12.1. The van der Waals surface area contributed by atoms with Gasteiger partial charge in [-0.15, -0.1) is 0 Å². The van der Waals surface area contributed by atoms with Gasteiger partial charge in [0.1, 0.15) is 5.75 Å². The number of hydrogen-bond donors (Lipinski definition) is 3. The molecule has 0 fully saturated rings. The van der Waals surface area contributed by atoms with Gasteiger partial charge in [0.05, 0.1) is 12.3 Å². The molecule has 0 aromatic heterocycles. The summed E-state index contributed by atoms with van der Waals surface area (Å²) in [6.45, 7) is 6.50. The molecule has 1 aromatic carbocycles. The van der Waals surface area contributed by atoms with Crippen LogP contribution in [0, 0.1) is 5.41 Å². The number of carbonyl (C=O) groups excluding carboxylic acids is 1. The van der Waals surface area contributed by atoms with Crippen molar-refractivity contribution in [1.29, 1.82) is 5.41 Å². The van der Waals surface area contributed by atoms with Crippen molar-refractivity contribution >= 4 is 17.7 Å². The van der Waals surface area contributed by atoms with Crippen LogP contribution in [-0.2, 0) is 12.8 Å². The van der Waals surface area contributed by atoms with Crippen LogP contribution >= 0.6 is 0 Å². The molecule has 0 heterocycles. The maximum absolute atomic E-state index is 12.1. The smallest absolute Gasteiger partial charge is 0.328 e. The van der Waals surface area contributed by atoms with Gasteiger partial charge in [0.25, 0.3) is 0 Å². The molecule has 0 aliphatic rings. The summed E-state index contributed by atoms with van der Waals surface area (Å²) >= 11 is 0. The van der Waals surface area contributed by atoms with E-state index in [9.17, 15) is 4.79 Å². The molecule has 0 radical (unpaired) electrons. The Morgan fingerprint density at radius 2 is 1.81 bits per heavy atom. The predicted molar refractivity (Wildman–Crippen MR) is 85.2 cm³/mol. The van der Waals surface area contributed by atoms with E-state index in [1.165, 1.54) is 11.9 Å². The number of nitrogens with one attached hydrogen (secondary N) is 2. The first-order valence-electron chi connectivity index (χ1n) is 7.14. The lowest BCUT2D eigenvalue weighted by atomic mass is 10.0. The Labute approximate surface area is 125 Å². The number of ether oxygens (including phenoxy) is 1. The van der Waals surface area contributed by atoms with Gasteiger partial charge in [0, 0.05) is 7.05 Å². The third-order valence-electron chi connectivity index (χ3n) is 3.20. The summed E-state index contributed by atoms with van der Waals surface area (Å²) < 4.78 is 5.57. The molecule has 2 amide bonds. The van der Waals surface area contributed by atoms with E-state index < -0.39 is 6.03 Å². The number of nitrogens with two attached hydrogens (primary N) is 1. The largest absolute Gasteiger partial charge is 0.494 e. The lowest BCUT2D eigenvalue weighted by Crippen LogP contribution is -2.47. The number of aryl methyl sites for hydroxylation is 2. The topological polar surface area (TPSA) is 91.4 Å². The van der Waals surface area contributed by atoms with Crippen molar-refractivity contribution in [3.05, 3.63) is 23.3 Å². The van der Waals surface area contributed by atoms with Gasteiger partial charge >= 0.3 is 6.03 Å². The fourth-order valence-corrected chi connectivity index (χ4v) is 2.25. The maximum Gasteiger partial charge on any atom is 0.328 e. The van der Waals surface area contributed by atoms with Crippen LogP contribution in [0.1, 0.15) is 31.9 Å². The van der Waals surface area contributed by atoms with Crippen LogP contribution in [0.3, 0.4) is 0 Å². The zero-order valence-electron chi connectivity index (χ0n) is 13.1. The number of rotatable bonds is 5. The molecule has 0 saturated heterocycles. The van der Waals surface area contributed by atoms with Gasteiger partial charge in [-0.25, -0.2) is 9.69 Å². The second-order valence-corrected chi connectivity index (χ2v) is 4.51. The molecule has 6 heteroatoms. The molecular formula is C15H24N4O2. The normalized spacial score (nSPS) is 10.1. The van der Waals surface area contributed by atoms with Crippen molar-refractivity contribution in [3.63, 3.8) is 0 Å². The van der Waals surface area contributed by atoms with Crippen molar-refractivity contribution < 1.29 is 9.53 Å². The molecule has 0 aliphatic carbocycles. The van der Waals surface area contributed by atoms with Gasteiger partial charge in [-0.2, -0.15) is 0 Å². The molecule has 0 atom stereocenters. The predicted octanol–water partition coefficient (Wildman–Crippen LogP) is 2.25. The third kappa shape index (κ3) is 3.65. The number of guanidine groups is 1. The summed E-state index contributed by atoms with van der Waals surface area (Å²) in [4.78, 5) is 13.3. The third-order valence-corrected chi connectivity index (χ3v) is 3.20. The molecule has 1 aromatic rings. The van der Waals surface area contributed by atoms with Crippen LogP contribution in [0.15, 0.2) is 12.1 Å². The zero-order valence-corrected chi connectivity index (χ0v) is 13.1. The first-order valence-corrected chi connectivity index (χ1v) is 7.14. The van der Waals surface area contributed by atoms with E-state index in [1.807, 2.05) is 32.9 Å². The summed E-state index contributed by atoms with van der Waals surface area (Å²) in [5, 5.41) is 10.2. The number of nitrogens with zero attached hydrogens (tertiary/aromatic N) is 1. The molecule has 0 unspecified atom stereocenters. The average molecular weight is 292 g/mol. The lowest BCUT2D eigenvalue weighted by molar-refractivity contribution is 0.251. The summed E-state index contributed by atoms with van der Waals surface area (Å²) in [6, 6.07) is 3.38. The van der Waals surface area contributed by atoms with Crippen molar-refractivity contribution in [2.24, 2.45) is 5.73 Å². The highest BCUT2D eigenvalue weighted by molar-refractivity contribution is 6.14. The van der Waals surface area contributed by atoms with Crippen LogP contribution in [-0.4, -0.2) is 25.6 Å². The van der Waals surface area contributed by atoms with E-state index in [0.717, 1.165) is 16.9 Å². The molecular weight excluding hydrogens is 268 g/mol. The highest BCUT2D eigenvalue weighted by Gasteiger charge is 2.23. The SMILES string of the molecule is CCOc1cc(CC)c(N(C(=N)N)C(=O)NC)c(CC)c1. The monoisotopic (exact) mass is 292 g/mol. The van der Waals surface area contributed by atoms with E-state index in [-0.39, 0.29) is 5.96 Å². The molecule has 116 valence electrons. The van der Waals surface area contributed by atoms with Crippen molar-refractivity contribution in [2.45, 2.75) is 33.6 Å². The number of benzene rings is 1. The highest BCUT2D eigenvalue weighted by Crippen LogP contribution is 2.31. The number of urea groups is 1. The Bertz CT molecular complexity index is 503. The number of anilines is 1. The average Bonchev–Trinajstić information content (AvgIpc) is 2.47. The van der Waals surface area contributed by atoms with Gasteiger partial charge in [0.2, 0.25) is 5.96 Å². The van der Waals surface area contributed by atoms with Crippen LogP contribution in [0.25, 0.3) is 0 Å². The fraction of sp³-hybridized carbons (Fsp3) is 0.467. The number of carbonyl (C=O) groups is 1. The fourth-order valence-electron chi connectivity index (χ4n) is 2.25. The number of amides is 2. The Morgan fingerprint density at radius 3 is 2.14 bits per heavy atom. The van der Waals surface area contributed by atoms with E-state index in [1.54, 1.807) is 0 Å². The van der Waals surface area contributed by atoms with Crippen LogP contribution in [0.2, 0.25) is 0 Å². The van der Waals surface area contributed by atoms with Crippen molar-refractivity contribution in [3.8, 4) is 5.75 Å². The van der Waals surface area contributed by atoms with E-state index in [0.29, 0.717) is 25.1 Å². The zero-order chi connectivity index (χ0) is 16.0. The second-order valence-electron chi connectivity index (χ2n) is 4.51. The Balaban J connectivity index is 3.50. The number of hydrogen-bond acceptors (Lipinski definition) is 3.